The van der Waals surface area contributed by atoms with E-state index < -0.39 is 0 Å². The molecule has 0 bridgehead atoms. The number of halogens is 1. The van der Waals surface area contributed by atoms with Gasteiger partial charge in [-0.1, -0.05) is 38.3 Å². The van der Waals surface area contributed by atoms with Crippen LogP contribution in [-0.4, -0.2) is 39.4 Å². The third-order valence-electron chi connectivity index (χ3n) is 5.25. The van der Waals surface area contributed by atoms with Crippen LogP contribution in [0.5, 0.6) is 0 Å². The number of nitrogens with zero attached hydrogens (tertiary/aromatic N) is 3. The van der Waals surface area contributed by atoms with E-state index in [-0.39, 0.29) is 11.6 Å². The van der Waals surface area contributed by atoms with Gasteiger partial charge >= 0.3 is 0 Å². The minimum absolute atomic E-state index is 0.111. The Balaban J connectivity index is 2.25. The minimum atomic E-state index is 0.111. The molecule has 2 N–H and O–H groups in total. The second-order valence-electron chi connectivity index (χ2n) is 6.27. The smallest absolute Gasteiger partial charge is 0.130 e. The standard InChI is InChI=1S/C16H29ClN4/c1-5-21(6-2)16(9-7-8-10-16)14(18)11-13-12(3)19-20(4)15(13)17/h14H,5-11,18H2,1-4H3. The molecule has 0 saturated heterocycles. The van der Waals surface area contributed by atoms with Gasteiger partial charge in [-0.05, 0) is 39.3 Å². The number of hydrogen-bond acceptors (Lipinski definition) is 3. The van der Waals surface area contributed by atoms with Crippen molar-refractivity contribution in [3.05, 3.63) is 16.4 Å². The van der Waals surface area contributed by atoms with Crippen molar-refractivity contribution in [3.8, 4) is 0 Å². The number of likely N-dealkylation sites (N-methyl/N-ethyl adjacent to an activating group) is 1. The normalized spacial score (nSPS) is 19.4. The monoisotopic (exact) mass is 312 g/mol. The van der Waals surface area contributed by atoms with E-state index in [0.717, 1.165) is 35.9 Å². The summed E-state index contributed by atoms with van der Waals surface area (Å²) >= 11 is 6.39. The van der Waals surface area contributed by atoms with Gasteiger partial charge in [-0.15, -0.1) is 0 Å². The number of rotatable bonds is 6. The molecule has 0 aliphatic heterocycles. The zero-order chi connectivity index (χ0) is 15.6. The molecule has 0 spiro atoms. The van der Waals surface area contributed by atoms with Crippen LogP contribution in [0.25, 0.3) is 0 Å². The first kappa shape index (κ1) is 16.8. The van der Waals surface area contributed by atoms with Crippen molar-refractivity contribution in [3.63, 3.8) is 0 Å². The predicted octanol–water partition coefficient (Wildman–Crippen LogP) is 2.91. The van der Waals surface area contributed by atoms with Crippen LogP contribution in [-0.2, 0) is 13.5 Å². The van der Waals surface area contributed by atoms with Crippen molar-refractivity contribution >= 4 is 11.6 Å². The second kappa shape index (κ2) is 6.67. The first-order valence-electron chi connectivity index (χ1n) is 8.14. The summed E-state index contributed by atoms with van der Waals surface area (Å²) < 4.78 is 1.75. The molecule has 1 unspecified atom stereocenters. The summed E-state index contributed by atoms with van der Waals surface area (Å²) in [5, 5.41) is 5.15. The van der Waals surface area contributed by atoms with E-state index in [1.165, 1.54) is 25.7 Å². The highest BCUT2D eigenvalue weighted by Gasteiger charge is 2.43. The van der Waals surface area contributed by atoms with E-state index in [4.69, 9.17) is 17.3 Å². The van der Waals surface area contributed by atoms with E-state index in [0.29, 0.717) is 0 Å². The van der Waals surface area contributed by atoms with E-state index in [2.05, 4.69) is 23.8 Å². The van der Waals surface area contributed by atoms with Crippen molar-refractivity contribution in [1.82, 2.24) is 14.7 Å². The van der Waals surface area contributed by atoms with Crippen molar-refractivity contribution < 1.29 is 0 Å². The fourth-order valence-corrected chi connectivity index (χ4v) is 4.33. The van der Waals surface area contributed by atoms with E-state index in [1.54, 1.807) is 4.68 Å². The number of hydrogen-bond donors (Lipinski definition) is 1. The SMILES string of the molecule is CCN(CC)C1(C(N)Cc2c(C)nn(C)c2Cl)CCCC1. The summed E-state index contributed by atoms with van der Waals surface area (Å²) in [6.45, 7) is 8.61. The molecule has 1 fully saturated rings. The molecule has 0 amide bonds. The largest absolute Gasteiger partial charge is 0.326 e. The minimum Gasteiger partial charge on any atom is -0.326 e. The molecule has 0 aromatic carbocycles. The van der Waals surface area contributed by atoms with Gasteiger partial charge in [-0.25, -0.2) is 0 Å². The molecule has 1 aromatic rings. The summed E-state index contributed by atoms with van der Waals surface area (Å²) in [6, 6.07) is 0.111. The van der Waals surface area contributed by atoms with Gasteiger partial charge in [0, 0.05) is 24.2 Å². The van der Waals surface area contributed by atoms with E-state index in [9.17, 15) is 0 Å². The molecule has 1 atom stereocenters. The highest BCUT2D eigenvalue weighted by atomic mass is 35.5. The molecule has 4 nitrogen and oxygen atoms in total. The lowest BCUT2D eigenvalue weighted by atomic mass is 9.83. The van der Waals surface area contributed by atoms with Crippen LogP contribution >= 0.6 is 11.6 Å². The lowest BCUT2D eigenvalue weighted by Gasteiger charge is -2.45. The summed E-state index contributed by atoms with van der Waals surface area (Å²) in [5.74, 6) is 0. The van der Waals surface area contributed by atoms with Crippen LogP contribution in [0.1, 0.15) is 50.8 Å². The van der Waals surface area contributed by atoms with Crippen LogP contribution in [0.15, 0.2) is 0 Å². The van der Waals surface area contributed by atoms with Gasteiger partial charge < -0.3 is 5.73 Å². The van der Waals surface area contributed by atoms with Gasteiger partial charge in [0.05, 0.1) is 5.69 Å². The Morgan fingerprint density at radius 3 is 2.33 bits per heavy atom. The van der Waals surface area contributed by atoms with Gasteiger partial charge in [0.25, 0.3) is 0 Å². The summed E-state index contributed by atoms with van der Waals surface area (Å²) in [4.78, 5) is 2.56. The van der Waals surface area contributed by atoms with Crippen LogP contribution < -0.4 is 5.73 Å². The number of aryl methyl sites for hydroxylation is 2. The van der Waals surface area contributed by atoms with Gasteiger partial charge in [-0.3, -0.25) is 9.58 Å². The molecule has 1 heterocycles. The molecule has 1 aliphatic carbocycles. The first-order chi connectivity index (χ1) is 9.96. The highest BCUT2D eigenvalue weighted by Crippen LogP contribution is 2.39. The molecule has 1 saturated carbocycles. The summed E-state index contributed by atoms with van der Waals surface area (Å²) in [5.41, 5.74) is 8.96. The molecular formula is C16H29ClN4. The summed E-state index contributed by atoms with van der Waals surface area (Å²) in [7, 11) is 1.89. The average Bonchev–Trinajstić information content (AvgIpc) is 3.03. The number of aromatic nitrogens is 2. The summed E-state index contributed by atoms with van der Waals surface area (Å²) in [6.07, 6.45) is 5.78. The Morgan fingerprint density at radius 2 is 1.90 bits per heavy atom. The zero-order valence-electron chi connectivity index (χ0n) is 13.8. The van der Waals surface area contributed by atoms with Crippen molar-refractivity contribution in [1.29, 1.82) is 0 Å². The maximum absolute atomic E-state index is 6.71. The zero-order valence-corrected chi connectivity index (χ0v) is 14.6. The topological polar surface area (TPSA) is 47.1 Å². The molecule has 21 heavy (non-hydrogen) atoms. The van der Waals surface area contributed by atoms with E-state index in [1.807, 2.05) is 14.0 Å². The molecule has 0 radical (unpaired) electrons. The van der Waals surface area contributed by atoms with Crippen molar-refractivity contribution in [2.45, 2.75) is 64.5 Å². The third kappa shape index (κ3) is 2.99. The quantitative estimate of drug-likeness (QED) is 0.878. The Kier molecular flexibility index (Phi) is 5.33. The van der Waals surface area contributed by atoms with Crippen molar-refractivity contribution in [2.75, 3.05) is 13.1 Å². The lowest BCUT2D eigenvalue weighted by molar-refractivity contribution is 0.0771. The van der Waals surface area contributed by atoms with Crippen LogP contribution in [0, 0.1) is 6.92 Å². The lowest BCUT2D eigenvalue weighted by Crippen LogP contribution is -2.59. The maximum atomic E-state index is 6.71. The highest BCUT2D eigenvalue weighted by molar-refractivity contribution is 6.30. The van der Waals surface area contributed by atoms with Crippen molar-refractivity contribution in [2.24, 2.45) is 12.8 Å². The fourth-order valence-electron chi connectivity index (χ4n) is 4.08. The average molecular weight is 313 g/mol. The Bertz CT molecular complexity index is 473. The Morgan fingerprint density at radius 1 is 1.33 bits per heavy atom. The molecule has 2 rings (SSSR count). The van der Waals surface area contributed by atoms with Gasteiger partial charge in [-0.2, -0.15) is 5.10 Å². The van der Waals surface area contributed by atoms with Crippen LogP contribution in [0.3, 0.4) is 0 Å². The van der Waals surface area contributed by atoms with Crippen LogP contribution in [0.4, 0.5) is 0 Å². The molecule has 1 aliphatic rings. The van der Waals surface area contributed by atoms with Crippen LogP contribution in [0.2, 0.25) is 5.15 Å². The second-order valence-corrected chi connectivity index (χ2v) is 6.63. The number of nitrogens with two attached hydrogens (primary N) is 1. The molecule has 5 heteroatoms. The molecule has 120 valence electrons. The predicted molar refractivity (Wildman–Crippen MR) is 88.8 cm³/mol. The Hall–Kier alpha value is -0.580. The molecular weight excluding hydrogens is 284 g/mol. The first-order valence-corrected chi connectivity index (χ1v) is 8.52. The van der Waals surface area contributed by atoms with Gasteiger partial charge in [0.1, 0.15) is 5.15 Å². The Labute approximate surface area is 133 Å². The van der Waals surface area contributed by atoms with Gasteiger partial charge in [0.2, 0.25) is 0 Å². The third-order valence-corrected chi connectivity index (χ3v) is 5.72. The maximum Gasteiger partial charge on any atom is 0.130 e. The van der Waals surface area contributed by atoms with Gasteiger partial charge in [0.15, 0.2) is 0 Å². The fraction of sp³-hybridized carbons (Fsp3) is 0.812. The van der Waals surface area contributed by atoms with E-state index >= 15 is 0 Å². The molecule has 1 aromatic heterocycles.